The molecule has 1 aliphatic rings. The zero-order chi connectivity index (χ0) is 13.0. The third-order valence-corrected chi connectivity index (χ3v) is 4.27. The van der Waals surface area contributed by atoms with E-state index in [0.29, 0.717) is 6.54 Å². The Hall–Kier alpha value is -0.980. The summed E-state index contributed by atoms with van der Waals surface area (Å²) in [4.78, 5) is 20.2. The molecular formula is C12H22N4OS+2. The van der Waals surface area contributed by atoms with E-state index < -0.39 is 0 Å². The molecule has 1 aliphatic heterocycles. The number of thiazole rings is 1. The summed E-state index contributed by atoms with van der Waals surface area (Å²) in [5, 5.41) is 3.59. The Bertz CT molecular complexity index is 399. The maximum Gasteiger partial charge on any atom is 0.281 e. The van der Waals surface area contributed by atoms with Gasteiger partial charge in [0.15, 0.2) is 11.7 Å². The Balaban J connectivity index is 1.75. The monoisotopic (exact) mass is 270 g/mol. The second-order valence-corrected chi connectivity index (χ2v) is 6.09. The molecule has 0 unspecified atom stereocenters. The van der Waals surface area contributed by atoms with Gasteiger partial charge in [-0.15, -0.1) is 11.3 Å². The van der Waals surface area contributed by atoms with E-state index in [0.717, 1.165) is 23.1 Å². The third-order valence-electron chi connectivity index (χ3n) is 3.44. The summed E-state index contributed by atoms with van der Waals surface area (Å²) in [7, 11) is 0. The number of quaternary nitrogens is 2. The Morgan fingerprint density at radius 3 is 2.61 bits per heavy atom. The number of hydrogen-bond donors (Lipinski definition) is 3. The third kappa shape index (κ3) is 3.76. The van der Waals surface area contributed by atoms with Crippen molar-refractivity contribution in [1.82, 2.24) is 4.98 Å². The van der Waals surface area contributed by atoms with Crippen LogP contribution in [0.25, 0.3) is 0 Å². The van der Waals surface area contributed by atoms with Crippen LogP contribution in [0.15, 0.2) is 6.20 Å². The number of piperazine rings is 1. The molecule has 1 aromatic rings. The molecule has 100 valence electrons. The summed E-state index contributed by atoms with van der Waals surface area (Å²) in [6, 6.07) is 0. The van der Waals surface area contributed by atoms with E-state index in [1.54, 1.807) is 11.1 Å². The van der Waals surface area contributed by atoms with Crippen LogP contribution in [0.5, 0.6) is 0 Å². The number of anilines is 1. The van der Waals surface area contributed by atoms with Crippen molar-refractivity contribution in [3.63, 3.8) is 0 Å². The number of nitrogens with zero attached hydrogens (tertiary/aromatic N) is 1. The first kappa shape index (κ1) is 13.5. The van der Waals surface area contributed by atoms with Crippen LogP contribution < -0.4 is 15.1 Å². The summed E-state index contributed by atoms with van der Waals surface area (Å²) < 4.78 is 0. The van der Waals surface area contributed by atoms with Gasteiger partial charge < -0.3 is 9.80 Å². The Kier molecular flexibility index (Phi) is 4.68. The molecule has 1 fully saturated rings. The quantitative estimate of drug-likeness (QED) is 0.604. The van der Waals surface area contributed by atoms with E-state index in [-0.39, 0.29) is 5.91 Å². The minimum absolute atomic E-state index is 0.0827. The fraction of sp³-hybridized carbons (Fsp3) is 0.667. The highest BCUT2D eigenvalue weighted by Crippen LogP contribution is 2.15. The molecule has 3 N–H and O–H groups in total. The number of aromatic nitrogens is 1. The maximum absolute atomic E-state index is 11.9. The zero-order valence-electron chi connectivity index (χ0n) is 11.1. The molecule has 2 heterocycles. The van der Waals surface area contributed by atoms with Crippen molar-refractivity contribution >= 4 is 22.4 Å². The predicted molar refractivity (Wildman–Crippen MR) is 72.3 cm³/mol. The standard InChI is InChI=1S/C12H20N4OS/c1-3-15-4-6-16(7-5-15)9-11(17)14-12-13-8-10(2)18-12/h8H,3-7,9H2,1-2H3,(H,13,14,17)/p+2. The highest BCUT2D eigenvalue weighted by atomic mass is 32.1. The van der Waals surface area contributed by atoms with E-state index in [1.807, 2.05) is 6.92 Å². The van der Waals surface area contributed by atoms with Crippen molar-refractivity contribution < 1.29 is 14.6 Å². The van der Waals surface area contributed by atoms with Gasteiger partial charge >= 0.3 is 0 Å². The molecule has 0 bridgehead atoms. The van der Waals surface area contributed by atoms with Gasteiger partial charge in [-0.3, -0.25) is 10.1 Å². The molecule has 0 aliphatic carbocycles. The normalized spacial score (nSPS) is 23.9. The van der Waals surface area contributed by atoms with Crippen LogP contribution in [0.4, 0.5) is 5.13 Å². The Morgan fingerprint density at radius 2 is 2.06 bits per heavy atom. The Morgan fingerprint density at radius 1 is 1.39 bits per heavy atom. The number of hydrogen-bond acceptors (Lipinski definition) is 3. The number of carbonyl (C=O) groups excluding carboxylic acids is 1. The van der Waals surface area contributed by atoms with Gasteiger partial charge in [-0.25, -0.2) is 4.98 Å². The van der Waals surface area contributed by atoms with Crippen LogP contribution in [-0.2, 0) is 4.79 Å². The first-order valence-electron chi connectivity index (χ1n) is 6.56. The lowest BCUT2D eigenvalue weighted by atomic mass is 10.3. The van der Waals surface area contributed by atoms with Crippen molar-refractivity contribution in [3.8, 4) is 0 Å². The largest absolute Gasteiger partial charge is 0.326 e. The average molecular weight is 270 g/mol. The molecule has 0 radical (unpaired) electrons. The van der Waals surface area contributed by atoms with Crippen molar-refractivity contribution in [1.29, 1.82) is 0 Å². The van der Waals surface area contributed by atoms with E-state index in [4.69, 9.17) is 0 Å². The molecule has 0 atom stereocenters. The molecule has 1 saturated heterocycles. The second-order valence-electron chi connectivity index (χ2n) is 4.85. The van der Waals surface area contributed by atoms with Gasteiger partial charge in [0.05, 0.1) is 6.54 Å². The van der Waals surface area contributed by atoms with E-state index in [9.17, 15) is 4.79 Å². The fourth-order valence-corrected chi connectivity index (χ4v) is 2.97. The summed E-state index contributed by atoms with van der Waals surface area (Å²) in [6.07, 6.45) is 1.79. The van der Waals surface area contributed by atoms with Gasteiger partial charge in [-0.2, -0.15) is 0 Å². The van der Waals surface area contributed by atoms with Crippen LogP contribution in [-0.4, -0.2) is 50.2 Å². The van der Waals surface area contributed by atoms with E-state index in [1.165, 1.54) is 35.9 Å². The van der Waals surface area contributed by atoms with Crippen molar-refractivity contribution in [2.45, 2.75) is 13.8 Å². The van der Waals surface area contributed by atoms with Gasteiger partial charge in [0.25, 0.3) is 5.91 Å². The molecule has 0 spiro atoms. The van der Waals surface area contributed by atoms with Crippen LogP contribution in [0.1, 0.15) is 11.8 Å². The molecule has 18 heavy (non-hydrogen) atoms. The number of carbonyl (C=O) groups is 1. The number of amides is 1. The number of nitrogens with one attached hydrogen (secondary N) is 3. The number of rotatable bonds is 4. The Labute approximate surface area is 112 Å². The van der Waals surface area contributed by atoms with Crippen LogP contribution >= 0.6 is 11.3 Å². The van der Waals surface area contributed by atoms with Gasteiger partial charge in [-0.05, 0) is 13.8 Å². The first-order valence-corrected chi connectivity index (χ1v) is 7.38. The summed E-state index contributed by atoms with van der Waals surface area (Å²) in [5.74, 6) is 0.0827. The summed E-state index contributed by atoms with van der Waals surface area (Å²) >= 11 is 1.53. The SMILES string of the molecule is CC[NH+]1CC[NH+](CC(=O)Nc2ncc(C)s2)CC1. The second kappa shape index (κ2) is 6.26. The zero-order valence-corrected chi connectivity index (χ0v) is 11.9. The number of aryl methyl sites for hydroxylation is 1. The van der Waals surface area contributed by atoms with Gasteiger partial charge in [0, 0.05) is 11.1 Å². The molecule has 5 nitrogen and oxygen atoms in total. The van der Waals surface area contributed by atoms with Crippen molar-refractivity contribution in [2.24, 2.45) is 0 Å². The molecule has 1 aromatic heterocycles. The lowest BCUT2D eigenvalue weighted by Gasteiger charge is -2.28. The topological polar surface area (TPSA) is 50.9 Å². The molecular weight excluding hydrogens is 248 g/mol. The minimum Gasteiger partial charge on any atom is -0.326 e. The molecule has 0 saturated carbocycles. The van der Waals surface area contributed by atoms with E-state index >= 15 is 0 Å². The van der Waals surface area contributed by atoms with Crippen LogP contribution in [0.3, 0.4) is 0 Å². The van der Waals surface area contributed by atoms with Crippen molar-refractivity contribution in [3.05, 3.63) is 11.1 Å². The average Bonchev–Trinajstić information content (AvgIpc) is 2.75. The molecule has 0 aromatic carbocycles. The smallest absolute Gasteiger partial charge is 0.281 e. The molecule has 6 heteroatoms. The van der Waals surface area contributed by atoms with Crippen molar-refractivity contribution in [2.75, 3.05) is 44.6 Å². The lowest BCUT2D eigenvalue weighted by Crippen LogP contribution is -3.28. The molecule has 1 amide bonds. The first-order chi connectivity index (χ1) is 8.67. The minimum atomic E-state index is 0.0827. The molecule has 2 rings (SSSR count). The van der Waals surface area contributed by atoms with Crippen LogP contribution in [0, 0.1) is 6.92 Å². The fourth-order valence-electron chi connectivity index (χ4n) is 2.29. The summed E-state index contributed by atoms with van der Waals surface area (Å²) in [6.45, 7) is 10.5. The highest BCUT2D eigenvalue weighted by molar-refractivity contribution is 7.15. The number of likely N-dealkylation sites (N-methyl/N-ethyl adjacent to an activating group) is 1. The van der Waals surface area contributed by atoms with E-state index in [2.05, 4.69) is 17.2 Å². The maximum atomic E-state index is 11.9. The van der Waals surface area contributed by atoms with Gasteiger partial charge in [0.1, 0.15) is 26.2 Å². The van der Waals surface area contributed by atoms with Crippen LogP contribution in [0.2, 0.25) is 0 Å². The highest BCUT2D eigenvalue weighted by Gasteiger charge is 2.23. The summed E-state index contributed by atoms with van der Waals surface area (Å²) in [5.41, 5.74) is 0. The van der Waals surface area contributed by atoms with Gasteiger partial charge in [-0.1, -0.05) is 0 Å². The lowest BCUT2D eigenvalue weighted by molar-refractivity contribution is -1.01. The predicted octanol–water partition coefficient (Wildman–Crippen LogP) is -1.81. The van der Waals surface area contributed by atoms with Gasteiger partial charge in [0.2, 0.25) is 0 Å².